The highest BCUT2D eigenvalue weighted by molar-refractivity contribution is 7.99. The highest BCUT2D eigenvalue weighted by atomic mass is 32.2. The second kappa shape index (κ2) is 7.65. The lowest BCUT2D eigenvalue weighted by Gasteiger charge is -2.33. The molecule has 3 heteroatoms. The molecule has 17 heavy (non-hydrogen) atoms. The molecule has 1 N–H and O–H groups in total. The van der Waals surface area contributed by atoms with Gasteiger partial charge in [-0.1, -0.05) is 27.7 Å². The standard InChI is InChI=1S/C14H30N2S/c1-5-17-11-7-10-16-9-6-8-15-13(12-16)14(2,3)4/h13,15H,5-12H2,1-4H3. The van der Waals surface area contributed by atoms with Crippen LogP contribution in [0.4, 0.5) is 0 Å². The van der Waals surface area contributed by atoms with E-state index < -0.39 is 0 Å². The molecule has 0 aromatic rings. The molecule has 0 aliphatic carbocycles. The molecule has 1 heterocycles. The number of nitrogens with zero attached hydrogens (tertiary/aromatic N) is 1. The fourth-order valence-electron chi connectivity index (χ4n) is 2.31. The van der Waals surface area contributed by atoms with E-state index in [2.05, 4.69) is 49.7 Å². The van der Waals surface area contributed by atoms with Crippen LogP contribution in [0.3, 0.4) is 0 Å². The molecule has 0 aromatic heterocycles. The molecule has 1 unspecified atom stereocenters. The molecule has 102 valence electrons. The molecule has 0 spiro atoms. The fourth-order valence-corrected chi connectivity index (χ4v) is 2.93. The molecule has 1 rings (SSSR count). The topological polar surface area (TPSA) is 15.3 Å². The molecule has 1 aliphatic heterocycles. The maximum atomic E-state index is 3.71. The summed E-state index contributed by atoms with van der Waals surface area (Å²) in [5, 5.41) is 3.71. The maximum Gasteiger partial charge on any atom is 0.0243 e. The van der Waals surface area contributed by atoms with Gasteiger partial charge in [0.15, 0.2) is 0 Å². The molecule has 1 saturated heterocycles. The van der Waals surface area contributed by atoms with Crippen molar-refractivity contribution in [2.75, 3.05) is 37.7 Å². The van der Waals surface area contributed by atoms with Crippen molar-refractivity contribution >= 4 is 11.8 Å². The van der Waals surface area contributed by atoms with Gasteiger partial charge in [-0.3, -0.25) is 0 Å². The van der Waals surface area contributed by atoms with E-state index in [1.165, 1.54) is 50.5 Å². The van der Waals surface area contributed by atoms with Crippen molar-refractivity contribution in [1.29, 1.82) is 0 Å². The third kappa shape index (κ3) is 6.12. The minimum Gasteiger partial charge on any atom is -0.312 e. The number of hydrogen-bond donors (Lipinski definition) is 1. The quantitative estimate of drug-likeness (QED) is 0.764. The van der Waals surface area contributed by atoms with E-state index in [0.717, 1.165) is 0 Å². The normalized spacial score (nSPS) is 23.6. The van der Waals surface area contributed by atoms with Crippen LogP contribution in [-0.4, -0.2) is 48.6 Å². The Balaban J connectivity index is 2.33. The summed E-state index contributed by atoms with van der Waals surface area (Å²) in [4.78, 5) is 2.66. The third-order valence-electron chi connectivity index (χ3n) is 3.50. The minimum absolute atomic E-state index is 0.376. The number of rotatable bonds is 5. The van der Waals surface area contributed by atoms with Gasteiger partial charge in [-0.05, 0) is 49.4 Å². The molecular formula is C14H30N2S. The summed E-state index contributed by atoms with van der Waals surface area (Å²) < 4.78 is 0. The van der Waals surface area contributed by atoms with E-state index in [1.807, 2.05) is 0 Å². The van der Waals surface area contributed by atoms with E-state index in [0.29, 0.717) is 11.5 Å². The average molecular weight is 258 g/mol. The molecule has 0 radical (unpaired) electrons. The van der Waals surface area contributed by atoms with Crippen molar-refractivity contribution in [1.82, 2.24) is 10.2 Å². The molecule has 0 aromatic carbocycles. The van der Waals surface area contributed by atoms with Gasteiger partial charge in [-0.25, -0.2) is 0 Å². The SMILES string of the molecule is CCSCCCN1CCCNC(C(C)(C)C)C1. The van der Waals surface area contributed by atoms with Gasteiger partial charge in [0.25, 0.3) is 0 Å². The Morgan fingerprint density at radius 2 is 2.12 bits per heavy atom. The van der Waals surface area contributed by atoms with Gasteiger partial charge in [0.1, 0.15) is 0 Å². The third-order valence-corrected chi connectivity index (χ3v) is 4.48. The average Bonchev–Trinajstić information content (AvgIpc) is 2.49. The van der Waals surface area contributed by atoms with Crippen molar-refractivity contribution < 1.29 is 0 Å². The molecule has 0 bridgehead atoms. The van der Waals surface area contributed by atoms with Gasteiger partial charge in [-0.15, -0.1) is 0 Å². The van der Waals surface area contributed by atoms with Crippen LogP contribution in [0.5, 0.6) is 0 Å². The van der Waals surface area contributed by atoms with Crippen molar-refractivity contribution in [2.45, 2.75) is 46.6 Å². The highest BCUT2D eigenvalue weighted by Crippen LogP contribution is 2.21. The number of nitrogens with one attached hydrogen (secondary N) is 1. The molecule has 1 atom stereocenters. The largest absolute Gasteiger partial charge is 0.312 e. The predicted octanol–water partition coefficient (Wildman–Crippen LogP) is 2.84. The molecule has 1 fully saturated rings. The first kappa shape index (κ1) is 15.3. The zero-order valence-electron chi connectivity index (χ0n) is 12.1. The van der Waals surface area contributed by atoms with Crippen LogP contribution in [0.15, 0.2) is 0 Å². The van der Waals surface area contributed by atoms with Crippen LogP contribution in [0.1, 0.15) is 40.5 Å². The van der Waals surface area contributed by atoms with Gasteiger partial charge in [0, 0.05) is 12.6 Å². The van der Waals surface area contributed by atoms with Gasteiger partial charge < -0.3 is 10.2 Å². The first-order valence-electron chi connectivity index (χ1n) is 7.07. The van der Waals surface area contributed by atoms with E-state index in [9.17, 15) is 0 Å². The molecule has 0 amide bonds. The van der Waals surface area contributed by atoms with E-state index in [-0.39, 0.29) is 0 Å². The van der Waals surface area contributed by atoms with Crippen LogP contribution in [0, 0.1) is 5.41 Å². The lowest BCUT2D eigenvalue weighted by atomic mass is 9.86. The van der Waals surface area contributed by atoms with Crippen molar-refractivity contribution in [3.63, 3.8) is 0 Å². The zero-order valence-corrected chi connectivity index (χ0v) is 12.9. The van der Waals surface area contributed by atoms with E-state index >= 15 is 0 Å². The molecule has 1 aliphatic rings. The van der Waals surface area contributed by atoms with Gasteiger partial charge in [0.05, 0.1) is 0 Å². The smallest absolute Gasteiger partial charge is 0.0243 e. The Bertz CT molecular complexity index is 201. The first-order chi connectivity index (χ1) is 8.04. The number of hydrogen-bond acceptors (Lipinski definition) is 3. The lowest BCUT2D eigenvalue weighted by Crippen LogP contribution is -2.46. The van der Waals surface area contributed by atoms with Crippen molar-refractivity contribution in [3.8, 4) is 0 Å². The van der Waals surface area contributed by atoms with Crippen LogP contribution in [0.25, 0.3) is 0 Å². The van der Waals surface area contributed by atoms with Gasteiger partial charge >= 0.3 is 0 Å². The summed E-state index contributed by atoms with van der Waals surface area (Å²) in [6, 6.07) is 0.642. The van der Waals surface area contributed by atoms with Crippen LogP contribution < -0.4 is 5.32 Å². The highest BCUT2D eigenvalue weighted by Gasteiger charge is 2.27. The summed E-state index contributed by atoms with van der Waals surface area (Å²) in [6.07, 6.45) is 2.64. The van der Waals surface area contributed by atoms with Crippen molar-refractivity contribution in [3.05, 3.63) is 0 Å². The summed E-state index contributed by atoms with van der Waals surface area (Å²) in [5.74, 6) is 2.58. The second-order valence-corrected chi connectivity index (χ2v) is 7.47. The van der Waals surface area contributed by atoms with Crippen LogP contribution in [0.2, 0.25) is 0 Å². The lowest BCUT2D eigenvalue weighted by molar-refractivity contribution is 0.198. The second-order valence-electron chi connectivity index (χ2n) is 6.08. The summed E-state index contributed by atoms with van der Waals surface area (Å²) >= 11 is 2.07. The Kier molecular flexibility index (Phi) is 6.90. The Morgan fingerprint density at radius 3 is 2.76 bits per heavy atom. The van der Waals surface area contributed by atoms with Crippen LogP contribution >= 0.6 is 11.8 Å². The Hall–Kier alpha value is 0.270. The van der Waals surface area contributed by atoms with E-state index in [4.69, 9.17) is 0 Å². The summed E-state index contributed by atoms with van der Waals surface area (Å²) in [6.45, 7) is 14.2. The van der Waals surface area contributed by atoms with Gasteiger partial charge in [0.2, 0.25) is 0 Å². The maximum absolute atomic E-state index is 3.71. The molecular weight excluding hydrogens is 228 g/mol. The summed E-state index contributed by atoms with van der Waals surface area (Å²) in [5.41, 5.74) is 0.376. The van der Waals surface area contributed by atoms with Crippen LogP contribution in [-0.2, 0) is 0 Å². The Labute approximate surface area is 112 Å². The predicted molar refractivity (Wildman–Crippen MR) is 79.9 cm³/mol. The zero-order chi connectivity index (χ0) is 12.7. The first-order valence-corrected chi connectivity index (χ1v) is 8.23. The fraction of sp³-hybridized carbons (Fsp3) is 1.00. The monoisotopic (exact) mass is 258 g/mol. The molecule has 0 saturated carbocycles. The Morgan fingerprint density at radius 1 is 1.35 bits per heavy atom. The number of thioether (sulfide) groups is 1. The van der Waals surface area contributed by atoms with E-state index in [1.54, 1.807) is 0 Å². The van der Waals surface area contributed by atoms with Crippen molar-refractivity contribution in [2.24, 2.45) is 5.41 Å². The molecule has 2 nitrogen and oxygen atoms in total. The minimum atomic E-state index is 0.376. The van der Waals surface area contributed by atoms with Gasteiger partial charge in [-0.2, -0.15) is 11.8 Å². The summed E-state index contributed by atoms with van der Waals surface area (Å²) in [7, 11) is 0.